The van der Waals surface area contributed by atoms with Crippen molar-refractivity contribution in [2.24, 2.45) is 5.10 Å². The van der Waals surface area contributed by atoms with E-state index in [1.165, 1.54) is 6.21 Å². The third kappa shape index (κ3) is 7.31. The fourth-order valence-electron chi connectivity index (χ4n) is 2.93. The molecule has 0 saturated heterocycles. The van der Waals surface area contributed by atoms with Gasteiger partial charge in [-0.05, 0) is 74.0 Å². The fraction of sp³-hybridized carbons (Fsp3) is 0.154. The molecule has 10 heteroatoms. The number of ether oxygens (including phenoxy) is 3. The molecule has 3 aromatic rings. The van der Waals surface area contributed by atoms with Crippen LogP contribution in [0.15, 0.2) is 71.8 Å². The Balaban J connectivity index is 1.63. The van der Waals surface area contributed by atoms with Gasteiger partial charge in [0.15, 0.2) is 11.5 Å². The molecule has 186 valence electrons. The molecule has 0 fully saturated rings. The van der Waals surface area contributed by atoms with Crippen LogP contribution in [0.25, 0.3) is 0 Å². The Morgan fingerprint density at radius 1 is 0.889 bits per heavy atom. The summed E-state index contributed by atoms with van der Waals surface area (Å²) in [7, 11) is 0. The van der Waals surface area contributed by atoms with Crippen LogP contribution < -0.4 is 25.0 Å². The maximum atomic E-state index is 12.5. The number of hydrazone groups is 1. The van der Waals surface area contributed by atoms with Gasteiger partial charge < -0.3 is 19.5 Å². The van der Waals surface area contributed by atoms with E-state index in [0.717, 1.165) is 0 Å². The minimum Gasteiger partial charge on any atom is -0.494 e. The first kappa shape index (κ1) is 26.2. The molecule has 9 nitrogen and oxygen atoms in total. The summed E-state index contributed by atoms with van der Waals surface area (Å²) < 4.78 is 16.5. The number of hydrogen-bond donors (Lipinski definition) is 2. The lowest BCUT2D eigenvalue weighted by molar-refractivity contribution is -0.136. The van der Waals surface area contributed by atoms with Crippen LogP contribution in [-0.4, -0.2) is 37.2 Å². The molecule has 0 saturated carbocycles. The molecular weight excluding hydrogens is 486 g/mol. The summed E-state index contributed by atoms with van der Waals surface area (Å²) in [5.41, 5.74) is 3.33. The maximum Gasteiger partial charge on any atom is 0.343 e. The summed E-state index contributed by atoms with van der Waals surface area (Å²) in [5, 5.41) is 6.50. The molecule has 3 rings (SSSR count). The summed E-state index contributed by atoms with van der Waals surface area (Å²) in [5.74, 6) is -1.28. The third-order valence-corrected chi connectivity index (χ3v) is 4.91. The van der Waals surface area contributed by atoms with E-state index in [1.807, 2.05) is 6.92 Å². The molecular formula is C26H24ClN3O6. The van der Waals surface area contributed by atoms with Crippen molar-refractivity contribution in [2.75, 3.05) is 18.5 Å². The number of hydrogen-bond acceptors (Lipinski definition) is 7. The predicted molar refractivity (Wildman–Crippen MR) is 136 cm³/mol. The summed E-state index contributed by atoms with van der Waals surface area (Å²) >= 11 is 5.97. The number of para-hydroxylation sites is 1. The van der Waals surface area contributed by atoms with Crippen LogP contribution in [0.3, 0.4) is 0 Å². The lowest BCUT2D eigenvalue weighted by atomic mass is 10.2. The van der Waals surface area contributed by atoms with Gasteiger partial charge in [0.2, 0.25) is 0 Å². The van der Waals surface area contributed by atoms with Crippen molar-refractivity contribution in [3.63, 3.8) is 0 Å². The van der Waals surface area contributed by atoms with Crippen LogP contribution in [0.5, 0.6) is 17.2 Å². The quantitative estimate of drug-likeness (QED) is 0.145. The highest BCUT2D eigenvalue weighted by atomic mass is 35.5. The van der Waals surface area contributed by atoms with Crippen LogP contribution in [0, 0.1) is 0 Å². The van der Waals surface area contributed by atoms with E-state index in [2.05, 4.69) is 15.8 Å². The molecule has 0 bridgehead atoms. The number of nitrogens with one attached hydrogen (secondary N) is 2. The molecule has 0 aliphatic carbocycles. The normalized spacial score (nSPS) is 10.5. The minimum absolute atomic E-state index is 0.219. The van der Waals surface area contributed by atoms with Crippen molar-refractivity contribution >= 4 is 41.3 Å². The highest BCUT2D eigenvalue weighted by molar-refractivity contribution is 6.41. The van der Waals surface area contributed by atoms with Crippen molar-refractivity contribution in [1.29, 1.82) is 0 Å². The zero-order valence-electron chi connectivity index (χ0n) is 19.6. The lowest BCUT2D eigenvalue weighted by Crippen LogP contribution is -2.32. The topological polar surface area (TPSA) is 115 Å². The molecule has 36 heavy (non-hydrogen) atoms. The largest absolute Gasteiger partial charge is 0.494 e. The maximum absolute atomic E-state index is 12.5. The van der Waals surface area contributed by atoms with E-state index in [0.29, 0.717) is 46.5 Å². The van der Waals surface area contributed by atoms with Gasteiger partial charge in [-0.15, -0.1) is 0 Å². The van der Waals surface area contributed by atoms with Crippen LogP contribution in [-0.2, 0) is 9.59 Å². The molecule has 0 aliphatic rings. The number of anilines is 1. The summed E-state index contributed by atoms with van der Waals surface area (Å²) in [6.07, 6.45) is 1.32. The van der Waals surface area contributed by atoms with E-state index >= 15 is 0 Å². The van der Waals surface area contributed by atoms with Gasteiger partial charge in [-0.25, -0.2) is 10.2 Å². The number of rotatable bonds is 9. The Morgan fingerprint density at radius 3 is 2.31 bits per heavy atom. The van der Waals surface area contributed by atoms with Gasteiger partial charge in [0.1, 0.15) is 5.75 Å². The fourth-order valence-corrected chi connectivity index (χ4v) is 3.11. The van der Waals surface area contributed by atoms with Gasteiger partial charge >= 0.3 is 17.8 Å². The first-order valence-corrected chi connectivity index (χ1v) is 11.4. The summed E-state index contributed by atoms with van der Waals surface area (Å²) in [6, 6.07) is 17.9. The Kier molecular flexibility index (Phi) is 9.41. The first-order chi connectivity index (χ1) is 17.4. The molecule has 0 aliphatic heterocycles. The molecule has 0 aromatic heterocycles. The second-order valence-corrected chi connectivity index (χ2v) is 7.53. The number of amides is 2. The Labute approximate surface area is 213 Å². The highest BCUT2D eigenvalue weighted by Crippen LogP contribution is 2.29. The molecule has 0 unspecified atom stereocenters. The van der Waals surface area contributed by atoms with E-state index in [9.17, 15) is 14.4 Å². The smallest absolute Gasteiger partial charge is 0.343 e. The van der Waals surface area contributed by atoms with E-state index in [1.54, 1.807) is 73.7 Å². The van der Waals surface area contributed by atoms with Crippen LogP contribution in [0.4, 0.5) is 5.69 Å². The van der Waals surface area contributed by atoms with Gasteiger partial charge in [0.25, 0.3) is 0 Å². The average Bonchev–Trinajstić information content (AvgIpc) is 2.87. The number of esters is 1. The number of nitrogens with zero attached hydrogens (tertiary/aromatic N) is 1. The van der Waals surface area contributed by atoms with Crippen molar-refractivity contribution in [3.8, 4) is 17.2 Å². The first-order valence-electron chi connectivity index (χ1n) is 11.0. The molecule has 0 spiro atoms. The molecule has 0 atom stereocenters. The second-order valence-electron chi connectivity index (χ2n) is 7.12. The van der Waals surface area contributed by atoms with Gasteiger partial charge in [-0.3, -0.25) is 9.59 Å². The average molecular weight is 510 g/mol. The van der Waals surface area contributed by atoms with Crippen molar-refractivity contribution in [1.82, 2.24) is 5.43 Å². The van der Waals surface area contributed by atoms with E-state index in [4.69, 9.17) is 25.8 Å². The van der Waals surface area contributed by atoms with E-state index < -0.39 is 17.8 Å². The number of carbonyl (C=O) groups is 3. The zero-order chi connectivity index (χ0) is 25.9. The van der Waals surface area contributed by atoms with Crippen molar-refractivity contribution in [2.45, 2.75) is 13.8 Å². The number of benzene rings is 3. The highest BCUT2D eigenvalue weighted by Gasteiger charge is 2.15. The number of halogens is 1. The van der Waals surface area contributed by atoms with Gasteiger partial charge in [0.05, 0.1) is 35.7 Å². The Morgan fingerprint density at radius 2 is 1.61 bits per heavy atom. The van der Waals surface area contributed by atoms with Crippen LogP contribution >= 0.6 is 11.6 Å². The second kappa shape index (κ2) is 12.9. The lowest BCUT2D eigenvalue weighted by Gasteiger charge is -2.11. The predicted octanol–water partition coefficient (Wildman–Crippen LogP) is 4.45. The standard InChI is InChI=1S/C26H24ClN3O6/c1-3-34-19-12-10-18(11-13-19)26(33)36-22-14-9-17(15-23(22)35-4-2)16-28-30-25(32)24(31)29-21-8-6-5-7-20(21)27/h5-16H,3-4H2,1-2H3,(H,29,31)(H,30,32). The van der Waals surface area contributed by atoms with E-state index in [-0.39, 0.29) is 5.75 Å². The van der Waals surface area contributed by atoms with Crippen molar-refractivity contribution in [3.05, 3.63) is 82.9 Å². The van der Waals surface area contributed by atoms with Crippen LogP contribution in [0.2, 0.25) is 5.02 Å². The van der Waals surface area contributed by atoms with Gasteiger partial charge in [-0.1, -0.05) is 23.7 Å². The molecule has 0 radical (unpaired) electrons. The SMILES string of the molecule is CCOc1ccc(C(=O)Oc2ccc(C=NNC(=O)C(=O)Nc3ccccc3Cl)cc2OCC)cc1. The van der Waals surface area contributed by atoms with Crippen molar-refractivity contribution < 1.29 is 28.6 Å². The molecule has 2 amide bonds. The monoisotopic (exact) mass is 509 g/mol. The van der Waals surface area contributed by atoms with Gasteiger partial charge in [-0.2, -0.15) is 5.10 Å². The zero-order valence-corrected chi connectivity index (χ0v) is 20.4. The van der Waals surface area contributed by atoms with Gasteiger partial charge in [0, 0.05) is 0 Å². The Hall–Kier alpha value is -4.37. The number of carbonyl (C=O) groups excluding carboxylic acids is 3. The molecule has 2 N–H and O–H groups in total. The molecule has 3 aromatic carbocycles. The Bertz CT molecular complexity index is 1260. The molecule has 0 heterocycles. The van der Waals surface area contributed by atoms with Crippen LogP contribution in [0.1, 0.15) is 29.8 Å². The third-order valence-electron chi connectivity index (χ3n) is 4.58. The summed E-state index contributed by atoms with van der Waals surface area (Å²) in [4.78, 5) is 36.6. The summed E-state index contributed by atoms with van der Waals surface area (Å²) in [6.45, 7) is 4.51. The minimum atomic E-state index is -0.975.